The number of alkyl halides is 1. The van der Waals surface area contributed by atoms with Crippen LogP contribution < -0.4 is 4.90 Å². The molecular formula is C12H14ClNO2. The highest BCUT2D eigenvalue weighted by Crippen LogP contribution is 2.31. The molecule has 1 unspecified atom stereocenters. The van der Waals surface area contributed by atoms with Crippen molar-refractivity contribution in [3.63, 3.8) is 0 Å². The number of aromatic hydroxyl groups is 1. The Balaban J connectivity index is 2.41. The summed E-state index contributed by atoms with van der Waals surface area (Å²) in [6.07, 6.45) is 0.390. The Labute approximate surface area is 99.6 Å². The average molecular weight is 240 g/mol. The fraction of sp³-hybridized carbons (Fsp3) is 0.417. The molecule has 1 fully saturated rings. The van der Waals surface area contributed by atoms with E-state index >= 15 is 0 Å². The van der Waals surface area contributed by atoms with E-state index in [9.17, 15) is 9.90 Å². The zero-order valence-electron chi connectivity index (χ0n) is 9.33. The van der Waals surface area contributed by atoms with E-state index in [2.05, 4.69) is 0 Å². The number of amides is 1. The quantitative estimate of drug-likeness (QED) is 0.765. The number of phenolic OH excluding ortho intramolecular Hbond substituents is 1. The second kappa shape index (κ2) is 3.98. The number of benzene rings is 1. The maximum atomic E-state index is 11.7. The van der Waals surface area contributed by atoms with Crippen LogP contribution in [0.3, 0.4) is 0 Å². The molecule has 0 saturated carbocycles. The van der Waals surface area contributed by atoms with Gasteiger partial charge in [0.15, 0.2) is 0 Å². The summed E-state index contributed by atoms with van der Waals surface area (Å²) in [4.78, 5) is 13.4. The van der Waals surface area contributed by atoms with E-state index in [1.807, 2.05) is 19.9 Å². The molecule has 4 heteroatoms. The molecule has 1 aliphatic heterocycles. The van der Waals surface area contributed by atoms with Crippen molar-refractivity contribution in [1.82, 2.24) is 0 Å². The Hall–Kier alpha value is -1.22. The van der Waals surface area contributed by atoms with Crippen molar-refractivity contribution in [3.8, 4) is 5.75 Å². The van der Waals surface area contributed by atoms with Crippen molar-refractivity contribution in [2.45, 2.75) is 25.6 Å². The van der Waals surface area contributed by atoms with E-state index in [0.29, 0.717) is 13.0 Å². The van der Waals surface area contributed by atoms with Gasteiger partial charge in [0.25, 0.3) is 0 Å². The fourth-order valence-corrected chi connectivity index (χ4v) is 2.24. The molecule has 0 bridgehead atoms. The molecule has 3 nitrogen and oxygen atoms in total. The first kappa shape index (κ1) is 11.3. The van der Waals surface area contributed by atoms with Crippen LogP contribution in [0.25, 0.3) is 0 Å². The van der Waals surface area contributed by atoms with Crippen LogP contribution in [0.4, 0.5) is 5.69 Å². The lowest BCUT2D eigenvalue weighted by molar-refractivity contribution is -0.117. The van der Waals surface area contributed by atoms with Gasteiger partial charge in [-0.25, -0.2) is 0 Å². The molecule has 1 saturated heterocycles. The minimum atomic E-state index is -0.110. The topological polar surface area (TPSA) is 40.5 Å². The van der Waals surface area contributed by atoms with Crippen LogP contribution in [-0.4, -0.2) is 22.9 Å². The van der Waals surface area contributed by atoms with E-state index < -0.39 is 0 Å². The molecule has 0 aromatic heterocycles. The van der Waals surface area contributed by atoms with E-state index in [1.165, 1.54) is 0 Å². The first-order chi connectivity index (χ1) is 7.49. The summed E-state index contributed by atoms with van der Waals surface area (Å²) >= 11 is 5.96. The van der Waals surface area contributed by atoms with E-state index in [0.717, 1.165) is 16.8 Å². The van der Waals surface area contributed by atoms with Crippen molar-refractivity contribution in [1.29, 1.82) is 0 Å². The number of carbonyl (C=O) groups is 1. The van der Waals surface area contributed by atoms with Crippen LogP contribution in [-0.2, 0) is 4.79 Å². The molecule has 16 heavy (non-hydrogen) atoms. The first-order valence-corrected chi connectivity index (χ1v) is 5.67. The van der Waals surface area contributed by atoms with E-state index in [1.54, 1.807) is 11.0 Å². The molecule has 0 radical (unpaired) electrons. The maximum absolute atomic E-state index is 11.7. The molecule has 1 aromatic rings. The lowest BCUT2D eigenvalue weighted by atomic mass is 10.1. The zero-order valence-corrected chi connectivity index (χ0v) is 10.1. The van der Waals surface area contributed by atoms with Crippen LogP contribution in [0.1, 0.15) is 17.5 Å². The number of anilines is 1. The van der Waals surface area contributed by atoms with Gasteiger partial charge in [-0.05, 0) is 37.1 Å². The summed E-state index contributed by atoms with van der Waals surface area (Å²) in [5.41, 5.74) is 2.51. The lowest BCUT2D eigenvalue weighted by Crippen LogP contribution is -2.25. The average Bonchev–Trinajstić information content (AvgIpc) is 2.51. The zero-order chi connectivity index (χ0) is 11.9. The van der Waals surface area contributed by atoms with Gasteiger partial charge in [0.1, 0.15) is 5.75 Å². The van der Waals surface area contributed by atoms with Crippen molar-refractivity contribution >= 4 is 23.2 Å². The van der Waals surface area contributed by atoms with Crippen LogP contribution in [0.2, 0.25) is 0 Å². The van der Waals surface area contributed by atoms with Crippen LogP contribution in [0.5, 0.6) is 5.75 Å². The molecule has 1 N–H and O–H groups in total. The molecule has 1 amide bonds. The molecule has 86 valence electrons. The van der Waals surface area contributed by atoms with Gasteiger partial charge in [0, 0.05) is 18.7 Å². The third-order valence-electron chi connectivity index (χ3n) is 2.88. The Morgan fingerprint density at radius 1 is 1.38 bits per heavy atom. The summed E-state index contributed by atoms with van der Waals surface area (Å²) in [7, 11) is 0. The van der Waals surface area contributed by atoms with Crippen molar-refractivity contribution in [2.75, 3.05) is 11.4 Å². The summed E-state index contributed by atoms with van der Waals surface area (Å²) in [6.45, 7) is 4.24. The molecule has 1 heterocycles. The number of nitrogens with zero attached hydrogens (tertiary/aromatic N) is 1. The fourth-order valence-electron chi connectivity index (χ4n) is 1.97. The highest BCUT2D eigenvalue weighted by molar-refractivity contribution is 6.24. The molecular weight excluding hydrogens is 226 g/mol. The first-order valence-electron chi connectivity index (χ1n) is 5.23. The molecule has 1 aromatic carbocycles. The van der Waals surface area contributed by atoms with E-state index in [-0.39, 0.29) is 17.0 Å². The predicted octanol–water partition coefficient (Wildman–Crippen LogP) is 2.35. The van der Waals surface area contributed by atoms with Gasteiger partial charge in [0.2, 0.25) is 5.91 Å². The predicted molar refractivity (Wildman–Crippen MR) is 64.2 cm³/mol. The van der Waals surface area contributed by atoms with Crippen LogP contribution in [0, 0.1) is 13.8 Å². The SMILES string of the molecule is Cc1cc(N2CC(Cl)CC2=O)c(C)cc1O. The van der Waals surface area contributed by atoms with Crippen LogP contribution >= 0.6 is 11.6 Å². The highest BCUT2D eigenvalue weighted by atomic mass is 35.5. The number of hydrogen-bond acceptors (Lipinski definition) is 2. The smallest absolute Gasteiger partial charge is 0.228 e. The summed E-state index contributed by atoms with van der Waals surface area (Å²) in [6, 6.07) is 3.51. The number of rotatable bonds is 1. The Morgan fingerprint density at radius 2 is 2.06 bits per heavy atom. The minimum Gasteiger partial charge on any atom is -0.508 e. The third-order valence-corrected chi connectivity index (χ3v) is 3.18. The number of carbonyl (C=O) groups excluding carboxylic acids is 1. The van der Waals surface area contributed by atoms with Gasteiger partial charge >= 0.3 is 0 Å². The Bertz CT molecular complexity index is 445. The van der Waals surface area contributed by atoms with Crippen LogP contribution in [0.15, 0.2) is 12.1 Å². The summed E-state index contributed by atoms with van der Waals surface area (Å²) in [5.74, 6) is 0.309. The van der Waals surface area contributed by atoms with Gasteiger partial charge in [-0.3, -0.25) is 4.79 Å². The number of halogens is 1. The molecule has 2 rings (SSSR count). The van der Waals surface area contributed by atoms with Gasteiger partial charge in [0.05, 0.1) is 5.38 Å². The highest BCUT2D eigenvalue weighted by Gasteiger charge is 2.30. The Morgan fingerprint density at radius 3 is 2.62 bits per heavy atom. The van der Waals surface area contributed by atoms with Crippen molar-refractivity contribution < 1.29 is 9.90 Å². The number of hydrogen-bond donors (Lipinski definition) is 1. The summed E-state index contributed by atoms with van der Waals surface area (Å²) < 4.78 is 0. The molecule has 1 atom stereocenters. The molecule has 0 aliphatic carbocycles. The largest absolute Gasteiger partial charge is 0.508 e. The monoisotopic (exact) mass is 239 g/mol. The second-order valence-corrected chi connectivity index (χ2v) is 4.85. The number of phenols is 1. The lowest BCUT2D eigenvalue weighted by Gasteiger charge is -2.19. The van der Waals surface area contributed by atoms with Gasteiger partial charge in [-0.1, -0.05) is 0 Å². The van der Waals surface area contributed by atoms with Crippen molar-refractivity contribution in [2.24, 2.45) is 0 Å². The van der Waals surface area contributed by atoms with Gasteiger partial charge in [-0.15, -0.1) is 11.6 Å². The second-order valence-electron chi connectivity index (χ2n) is 4.23. The number of aryl methyl sites for hydroxylation is 2. The van der Waals surface area contributed by atoms with Gasteiger partial charge in [-0.2, -0.15) is 0 Å². The molecule has 0 spiro atoms. The van der Waals surface area contributed by atoms with Gasteiger partial charge < -0.3 is 10.0 Å². The maximum Gasteiger partial charge on any atom is 0.228 e. The standard InChI is InChI=1S/C12H14ClNO2/c1-7-4-11(15)8(2)3-10(7)14-6-9(13)5-12(14)16/h3-4,9,15H,5-6H2,1-2H3. The Kier molecular flexibility index (Phi) is 2.80. The van der Waals surface area contributed by atoms with E-state index in [4.69, 9.17) is 11.6 Å². The summed E-state index contributed by atoms with van der Waals surface area (Å²) in [5, 5.41) is 9.45. The third kappa shape index (κ3) is 1.87. The minimum absolute atomic E-state index is 0.0492. The van der Waals surface area contributed by atoms with Crippen molar-refractivity contribution in [3.05, 3.63) is 23.3 Å². The molecule has 1 aliphatic rings. The normalized spacial score (nSPS) is 20.6.